The number of carboxylic acid groups (broad SMARTS) is 1. The van der Waals surface area contributed by atoms with E-state index in [2.05, 4.69) is 29.8 Å². The largest absolute Gasteiger partial charge is 0.475 e. The molecule has 0 bridgehead atoms. The first-order valence-electron chi connectivity index (χ1n) is 6.62. The van der Waals surface area contributed by atoms with Crippen LogP contribution in [0.25, 0.3) is 11.0 Å². The van der Waals surface area contributed by atoms with E-state index in [0.29, 0.717) is 5.58 Å². The van der Waals surface area contributed by atoms with Crippen LogP contribution in [0.5, 0.6) is 0 Å². The van der Waals surface area contributed by atoms with Gasteiger partial charge < -0.3 is 9.52 Å². The van der Waals surface area contributed by atoms with Crippen molar-refractivity contribution in [3.05, 3.63) is 33.5 Å². The minimum Gasteiger partial charge on any atom is -0.475 e. The number of furan rings is 1. The van der Waals surface area contributed by atoms with Crippen LogP contribution >= 0.6 is 15.9 Å². The summed E-state index contributed by atoms with van der Waals surface area (Å²) >= 11 is 3.51. The molecule has 0 unspecified atom stereocenters. The average Bonchev–Trinajstić information content (AvgIpc) is 2.66. The molecule has 4 heteroatoms. The molecular formula is C16H19BrO3. The van der Waals surface area contributed by atoms with Crippen LogP contribution in [0, 0.1) is 0 Å². The molecule has 1 aromatic carbocycles. The molecule has 0 saturated heterocycles. The highest BCUT2D eigenvalue weighted by molar-refractivity contribution is 9.10. The first-order chi connectivity index (χ1) is 9.12. The van der Waals surface area contributed by atoms with Crippen molar-refractivity contribution in [1.82, 2.24) is 0 Å². The molecule has 0 aliphatic rings. The molecule has 0 aliphatic heterocycles. The van der Waals surface area contributed by atoms with Gasteiger partial charge in [-0.25, -0.2) is 4.79 Å². The van der Waals surface area contributed by atoms with E-state index in [4.69, 9.17) is 4.42 Å². The predicted molar refractivity (Wildman–Crippen MR) is 83.7 cm³/mol. The van der Waals surface area contributed by atoms with Crippen LogP contribution in [0.2, 0.25) is 0 Å². The van der Waals surface area contributed by atoms with Crippen LogP contribution in [0.1, 0.15) is 62.2 Å². The Kier molecular flexibility index (Phi) is 3.71. The summed E-state index contributed by atoms with van der Waals surface area (Å²) in [5, 5.41) is 10.3. The molecule has 2 aromatic rings. The first-order valence-corrected chi connectivity index (χ1v) is 7.42. The highest BCUT2D eigenvalue weighted by atomic mass is 79.9. The number of benzene rings is 1. The molecular weight excluding hydrogens is 320 g/mol. The zero-order valence-electron chi connectivity index (χ0n) is 12.4. The highest BCUT2D eigenvalue weighted by Crippen LogP contribution is 2.40. The molecule has 108 valence electrons. The van der Waals surface area contributed by atoms with Crippen molar-refractivity contribution < 1.29 is 14.3 Å². The molecule has 0 fully saturated rings. The molecule has 3 nitrogen and oxygen atoms in total. The lowest BCUT2D eigenvalue weighted by molar-refractivity contribution is 0.0661. The fourth-order valence-corrected chi connectivity index (χ4v) is 2.99. The number of halogens is 1. The lowest BCUT2D eigenvalue weighted by Crippen LogP contribution is -2.15. The molecule has 1 N–H and O–H groups in total. The Labute approximate surface area is 127 Å². The quantitative estimate of drug-likeness (QED) is 0.806. The molecule has 2 rings (SSSR count). The Morgan fingerprint density at radius 1 is 1.30 bits per heavy atom. The maximum Gasteiger partial charge on any atom is 0.372 e. The number of rotatable bonds is 2. The van der Waals surface area contributed by atoms with E-state index in [0.717, 1.165) is 21.0 Å². The monoisotopic (exact) mass is 338 g/mol. The van der Waals surface area contributed by atoms with Crippen LogP contribution in [0.3, 0.4) is 0 Å². The second-order valence-corrected chi connectivity index (χ2v) is 7.30. The maximum atomic E-state index is 11.5. The molecule has 0 radical (unpaired) electrons. The number of fused-ring (bicyclic) bond motifs is 1. The van der Waals surface area contributed by atoms with Crippen LogP contribution in [0.15, 0.2) is 21.0 Å². The van der Waals surface area contributed by atoms with Gasteiger partial charge in [0.05, 0.1) is 0 Å². The molecule has 0 saturated carbocycles. The summed E-state index contributed by atoms with van der Waals surface area (Å²) < 4.78 is 6.66. The van der Waals surface area contributed by atoms with E-state index >= 15 is 0 Å². The van der Waals surface area contributed by atoms with Gasteiger partial charge in [-0.1, -0.05) is 50.5 Å². The van der Waals surface area contributed by atoms with E-state index in [1.165, 1.54) is 0 Å². The van der Waals surface area contributed by atoms with Crippen molar-refractivity contribution in [3.8, 4) is 0 Å². The summed E-state index contributed by atoms with van der Waals surface area (Å²) in [4.78, 5) is 11.5. The lowest BCUT2D eigenvalue weighted by Gasteiger charge is -2.18. The van der Waals surface area contributed by atoms with Gasteiger partial charge in [-0.05, 0) is 29.0 Å². The van der Waals surface area contributed by atoms with E-state index in [1.807, 2.05) is 32.9 Å². The smallest absolute Gasteiger partial charge is 0.372 e. The molecule has 1 heterocycles. The topological polar surface area (TPSA) is 50.4 Å². The van der Waals surface area contributed by atoms with Gasteiger partial charge in [0.25, 0.3) is 0 Å². The number of hydrogen-bond donors (Lipinski definition) is 1. The maximum absolute atomic E-state index is 11.5. The van der Waals surface area contributed by atoms with Crippen LogP contribution in [0.4, 0.5) is 0 Å². The molecule has 0 atom stereocenters. The molecule has 0 spiro atoms. The SMILES string of the molecule is CC(C)c1cc(Br)cc2c(C(C)(C)C)c(C(=O)O)oc12. The minimum absolute atomic E-state index is 0.0486. The van der Waals surface area contributed by atoms with Gasteiger partial charge in [-0.2, -0.15) is 0 Å². The van der Waals surface area contributed by atoms with Gasteiger partial charge in [-0.3, -0.25) is 0 Å². The first kappa shape index (κ1) is 15.1. The highest BCUT2D eigenvalue weighted by Gasteiger charge is 2.30. The van der Waals surface area contributed by atoms with Gasteiger partial charge in [0.1, 0.15) is 5.58 Å². The fourth-order valence-electron chi connectivity index (χ4n) is 2.51. The van der Waals surface area contributed by atoms with E-state index in [-0.39, 0.29) is 17.1 Å². The average molecular weight is 339 g/mol. The van der Waals surface area contributed by atoms with E-state index in [1.54, 1.807) is 0 Å². The third-order valence-corrected chi connectivity index (χ3v) is 3.81. The van der Waals surface area contributed by atoms with Crippen molar-refractivity contribution >= 4 is 32.9 Å². The fraction of sp³-hybridized carbons (Fsp3) is 0.438. The molecule has 20 heavy (non-hydrogen) atoms. The summed E-state index contributed by atoms with van der Waals surface area (Å²) in [6.45, 7) is 10.1. The number of carboxylic acids is 1. The van der Waals surface area contributed by atoms with Gasteiger partial charge in [0.15, 0.2) is 0 Å². The second kappa shape index (κ2) is 4.92. The van der Waals surface area contributed by atoms with Crippen molar-refractivity contribution in [2.75, 3.05) is 0 Å². The Bertz CT molecular complexity index is 675. The minimum atomic E-state index is -1.02. The van der Waals surface area contributed by atoms with Crippen molar-refractivity contribution in [2.24, 2.45) is 0 Å². The summed E-state index contributed by atoms with van der Waals surface area (Å²) in [5.74, 6) is -0.708. The van der Waals surface area contributed by atoms with Gasteiger partial charge in [0, 0.05) is 15.4 Å². The molecule has 1 aromatic heterocycles. The summed E-state index contributed by atoms with van der Waals surface area (Å²) in [6.07, 6.45) is 0. The lowest BCUT2D eigenvalue weighted by atomic mass is 9.84. The third-order valence-electron chi connectivity index (χ3n) is 3.35. The zero-order chi connectivity index (χ0) is 15.2. The normalized spacial score (nSPS) is 12.3. The number of aromatic carboxylic acids is 1. The van der Waals surface area contributed by atoms with Gasteiger partial charge in [-0.15, -0.1) is 0 Å². The van der Waals surface area contributed by atoms with E-state index < -0.39 is 5.97 Å². The Balaban J connectivity index is 2.95. The van der Waals surface area contributed by atoms with Crippen molar-refractivity contribution in [3.63, 3.8) is 0 Å². The van der Waals surface area contributed by atoms with Crippen LogP contribution < -0.4 is 0 Å². The summed E-state index contributed by atoms with van der Waals surface area (Å²) in [6, 6.07) is 3.94. The zero-order valence-corrected chi connectivity index (χ0v) is 14.0. The number of hydrogen-bond acceptors (Lipinski definition) is 2. The Morgan fingerprint density at radius 3 is 2.35 bits per heavy atom. The van der Waals surface area contributed by atoms with E-state index in [9.17, 15) is 9.90 Å². The summed E-state index contributed by atoms with van der Waals surface area (Å²) in [5.41, 5.74) is 2.16. The molecule has 0 aliphatic carbocycles. The predicted octanol–water partition coefficient (Wildman–Crippen LogP) is 5.31. The van der Waals surface area contributed by atoms with Crippen molar-refractivity contribution in [2.45, 2.75) is 46.0 Å². The standard InChI is InChI=1S/C16H19BrO3/c1-8(2)10-6-9(17)7-11-12(16(3,4)5)14(15(18)19)20-13(10)11/h6-8H,1-5H3,(H,18,19). The summed E-state index contributed by atoms with van der Waals surface area (Å²) in [7, 11) is 0. The molecule has 0 amide bonds. The van der Waals surface area contributed by atoms with Crippen molar-refractivity contribution in [1.29, 1.82) is 0 Å². The van der Waals surface area contributed by atoms with Gasteiger partial charge in [0.2, 0.25) is 5.76 Å². The Morgan fingerprint density at radius 2 is 1.90 bits per heavy atom. The third kappa shape index (κ3) is 2.49. The number of carbonyl (C=O) groups is 1. The van der Waals surface area contributed by atoms with Crippen LogP contribution in [-0.2, 0) is 5.41 Å². The van der Waals surface area contributed by atoms with Gasteiger partial charge >= 0.3 is 5.97 Å². The Hall–Kier alpha value is -1.29. The second-order valence-electron chi connectivity index (χ2n) is 6.39. The van der Waals surface area contributed by atoms with Crippen LogP contribution in [-0.4, -0.2) is 11.1 Å².